The lowest BCUT2D eigenvalue weighted by molar-refractivity contribution is 0.626. The Balaban J connectivity index is 2.13. The maximum atomic E-state index is 13.3. The van der Waals surface area contributed by atoms with Gasteiger partial charge in [0, 0.05) is 4.90 Å². The van der Waals surface area contributed by atoms with Crippen LogP contribution in [0.15, 0.2) is 53.4 Å². The molecule has 0 fully saturated rings. The molecule has 1 aliphatic heterocycles. The minimum absolute atomic E-state index is 0.195. The first-order chi connectivity index (χ1) is 10.5. The van der Waals surface area contributed by atoms with Crippen molar-refractivity contribution < 1.29 is 4.39 Å². The molecule has 1 atom stereocenters. The van der Waals surface area contributed by atoms with Crippen molar-refractivity contribution in [1.82, 2.24) is 0 Å². The molecule has 0 bridgehead atoms. The lowest BCUT2D eigenvalue weighted by atomic mass is 9.86. The molecule has 3 heteroatoms. The predicted molar refractivity (Wildman–Crippen MR) is 92.4 cm³/mol. The van der Waals surface area contributed by atoms with Gasteiger partial charge in [-0.1, -0.05) is 35.9 Å². The van der Waals surface area contributed by atoms with Crippen molar-refractivity contribution in [2.24, 2.45) is 5.73 Å². The largest absolute Gasteiger partial charge is 0.330 e. The Hall–Kier alpha value is -1.58. The zero-order valence-electron chi connectivity index (χ0n) is 12.9. The first-order valence-corrected chi connectivity index (χ1v) is 8.33. The highest BCUT2D eigenvalue weighted by Crippen LogP contribution is 2.58. The van der Waals surface area contributed by atoms with Crippen molar-refractivity contribution in [3.8, 4) is 0 Å². The van der Waals surface area contributed by atoms with E-state index in [0.717, 1.165) is 12.0 Å². The zero-order valence-corrected chi connectivity index (χ0v) is 13.7. The average molecular weight is 313 g/mol. The molecule has 114 valence electrons. The van der Waals surface area contributed by atoms with Gasteiger partial charge in [0.15, 0.2) is 0 Å². The van der Waals surface area contributed by atoms with Crippen LogP contribution in [-0.2, 0) is 4.75 Å². The van der Waals surface area contributed by atoms with Gasteiger partial charge in [-0.15, -0.1) is 11.8 Å². The first kappa shape index (κ1) is 15.3. The van der Waals surface area contributed by atoms with E-state index in [0.29, 0.717) is 6.54 Å². The summed E-state index contributed by atoms with van der Waals surface area (Å²) >= 11 is 1.83. The molecule has 3 rings (SSSR count). The molecule has 1 heterocycles. The Bertz CT molecular complexity index is 721. The Morgan fingerprint density at radius 3 is 2.59 bits per heavy atom. The molecule has 1 nitrogen and oxygen atoms in total. The molecule has 0 radical (unpaired) electrons. The summed E-state index contributed by atoms with van der Waals surface area (Å²) in [5, 5.41) is 0. The van der Waals surface area contributed by atoms with Crippen LogP contribution in [-0.4, -0.2) is 6.54 Å². The fourth-order valence-electron chi connectivity index (χ4n) is 2.99. The molecule has 0 saturated heterocycles. The summed E-state index contributed by atoms with van der Waals surface area (Å²) in [4.78, 5) is 1.28. The van der Waals surface area contributed by atoms with Crippen LogP contribution in [0.1, 0.15) is 30.0 Å². The van der Waals surface area contributed by atoms with Gasteiger partial charge in [0.05, 0.1) is 4.75 Å². The molecule has 0 saturated carbocycles. The Labute approximate surface area is 135 Å². The number of halogens is 1. The SMILES string of the molecule is Cc1ccc2c(c1)/C(=C/CCN)C(C)(c1ccc(F)cc1)S2. The minimum Gasteiger partial charge on any atom is -0.330 e. The highest BCUT2D eigenvalue weighted by Gasteiger charge is 2.40. The fraction of sp³-hybridized carbons (Fsp3) is 0.263. The molecule has 0 aromatic heterocycles. The van der Waals surface area contributed by atoms with Gasteiger partial charge in [-0.05, 0) is 61.7 Å². The second-order valence-electron chi connectivity index (χ2n) is 5.84. The minimum atomic E-state index is -0.198. The first-order valence-electron chi connectivity index (χ1n) is 7.51. The number of benzene rings is 2. The van der Waals surface area contributed by atoms with E-state index in [-0.39, 0.29) is 10.6 Å². The van der Waals surface area contributed by atoms with Crippen molar-refractivity contribution in [2.45, 2.75) is 29.9 Å². The number of thioether (sulfide) groups is 1. The van der Waals surface area contributed by atoms with E-state index in [4.69, 9.17) is 5.73 Å². The number of nitrogens with two attached hydrogens (primary N) is 1. The van der Waals surface area contributed by atoms with Crippen LogP contribution in [0.2, 0.25) is 0 Å². The highest BCUT2D eigenvalue weighted by molar-refractivity contribution is 8.01. The monoisotopic (exact) mass is 313 g/mol. The van der Waals surface area contributed by atoms with Gasteiger partial charge in [-0.3, -0.25) is 0 Å². The van der Waals surface area contributed by atoms with E-state index < -0.39 is 0 Å². The second-order valence-corrected chi connectivity index (χ2v) is 7.30. The maximum Gasteiger partial charge on any atom is 0.123 e. The van der Waals surface area contributed by atoms with E-state index in [2.05, 4.69) is 38.1 Å². The van der Waals surface area contributed by atoms with Crippen LogP contribution >= 0.6 is 11.8 Å². The van der Waals surface area contributed by atoms with Gasteiger partial charge >= 0.3 is 0 Å². The van der Waals surface area contributed by atoms with Crippen LogP contribution in [0.4, 0.5) is 4.39 Å². The van der Waals surface area contributed by atoms with Crippen LogP contribution < -0.4 is 5.73 Å². The number of fused-ring (bicyclic) bond motifs is 1. The molecule has 1 unspecified atom stereocenters. The predicted octanol–water partition coefficient (Wildman–Crippen LogP) is 4.89. The van der Waals surface area contributed by atoms with E-state index >= 15 is 0 Å². The van der Waals surface area contributed by atoms with Crippen molar-refractivity contribution in [1.29, 1.82) is 0 Å². The molecule has 0 amide bonds. The van der Waals surface area contributed by atoms with Crippen molar-refractivity contribution in [3.05, 3.63) is 71.0 Å². The number of hydrogen-bond acceptors (Lipinski definition) is 2. The quantitative estimate of drug-likeness (QED) is 0.873. The number of aryl methyl sites for hydroxylation is 1. The molecule has 22 heavy (non-hydrogen) atoms. The maximum absolute atomic E-state index is 13.3. The van der Waals surface area contributed by atoms with E-state index in [9.17, 15) is 4.39 Å². The van der Waals surface area contributed by atoms with Gasteiger partial charge in [0.25, 0.3) is 0 Å². The van der Waals surface area contributed by atoms with Gasteiger partial charge in [-0.2, -0.15) is 0 Å². The van der Waals surface area contributed by atoms with E-state index in [1.807, 2.05) is 23.9 Å². The summed E-state index contributed by atoms with van der Waals surface area (Å²) in [5.74, 6) is -0.198. The highest BCUT2D eigenvalue weighted by atomic mass is 32.2. The molecule has 1 aliphatic rings. The molecular formula is C19H20FNS. The average Bonchev–Trinajstić information content (AvgIpc) is 2.78. The van der Waals surface area contributed by atoms with Gasteiger partial charge in [0.2, 0.25) is 0 Å². The number of hydrogen-bond donors (Lipinski definition) is 1. The second kappa shape index (κ2) is 5.90. The van der Waals surface area contributed by atoms with E-state index in [1.54, 1.807) is 0 Å². The molecule has 0 spiro atoms. The van der Waals surface area contributed by atoms with Gasteiger partial charge in [0.1, 0.15) is 5.82 Å². The van der Waals surface area contributed by atoms with Crippen LogP contribution in [0.5, 0.6) is 0 Å². The summed E-state index contributed by atoms with van der Waals surface area (Å²) in [5.41, 5.74) is 10.6. The normalized spacial score (nSPS) is 22.1. The molecule has 0 aliphatic carbocycles. The standard InChI is InChI=1S/C19H20FNS/c1-13-5-10-18-16(12-13)17(4-3-11-21)19(2,22-18)14-6-8-15(20)9-7-14/h4-10,12H,3,11,21H2,1-2H3/b17-4-. The van der Waals surface area contributed by atoms with Crippen LogP contribution in [0.25, 0.3) is 5.57 Å². The topological polar surface area (TPSA) is 26.0 Å². The van der Waals surface area contributed by atoms with E-state index in [1.165, 1.54) is 33.7 Å². The summed E-state index contributed by atoms with van der Waals surface area (Å²) in [7, 11) is 0. The van der Waals surface area contributed by atoms with Gasteiger partial charge in [-0.25, -0.2) is 4.39 Å². The lowest BCUT2D eigenvalue weighted by Gasteiger charge is -2.26. The summed E-state index contributed by atoms with van der Waals surface area (Å²) < 4.78 is 13.1. The lowest BCUT2D eigenvalue weighted by Crippen LogP contribution is -2.15. The Kier molecular flexibility index (Phi) is 4.11. The van der Waals surface area contributed by atoms with Crippen molar-refractivity contribution in [3.63, 3.8) is 0 Å². The summed E-state index contributed by atoms with van der Waals surface area (Å²) in [6.07, 6.45) is 3.09. The zero-order chi connectivity index (χ0) is 15.7. The third-order valence-electron chi connectivity index (χ3n) is 4.16. The molecular weight excluding hydrogens is 293 g/mol. The smallest absolute Gasteiger partial charge is 0.123 e. The Morgan fingerprint density at radius 1 is 1.18 bits per heavy atom. The van der Waals surface area contributed by atoms with Crippen LogP contribution in [0.3, 0.4) is 0 Å². The summed E-state index contributed by atoms with van der Waals surface area (Å²) in [6, 6.07) is 13.4. The Morgan fingerprint density at radius 2 is 1.91 bits per heavy atom. The third-order valence-corrected chi connectivity index (χ3v) is 5.60. The molecule has 2 N–H and O–H groups in total. The molecule has 2 aromatic carbocycles. The number of rotatable bonds is 3. The summed E-state index contributed by atoms with van der Waals surface area (Å²) in [6.45, 7) is 4.95. The molecule has 2 aromatic rings. The fourth-order valence-corrected chi connectivity index (χ4v) is 4.40. The van der Waals surface area contributed by atoms with Crippen molar-refractivity contribution >= 4 is 17.3 Å². The van der Waals surface area contributed by atoms with Crippen LogP contribution in [0, 0.1) is 12.7 Å². The van der Waals surface area contributed by atoms with Crippen molar-refractivity contribution in [2.75, 3.05) is 6.54 Å². The third kappa shape index (κ3) is 2.59. The van der Waals surface area contributed by atoms with Gasteiger partial charge < -0.3 is 5.73 Å².